The minimum atomic E-state index is -4.42. The van der Waals surface area contributed by atoms with Crippen molar-refractivity contribution in [1.82, 2.24) is 0 Å². The Hall–Kier alpha value is -1.53. The van der Waals surface area contributed by atoms with Crippen LogP contribution >= 0.6 is 24.8 Å². The minimum absolute atomic E-state index is 0. The Balaban J connectivity index is 0.00000264. The fourth-order valence-electron chi connectivity index (χ4n) is 8.45. The van der Waals surface area contributed by atoms with Crippen molar-refractivity contribution in [3.05, 3.63) is 103 Å². The first-order chi connectivity index (χ1) is 19.1. The second kappa shape index (κ2) is 11.6. The number of fused-ring (bicyclic) bond motifs is 3. The van der Waals surface area contributed by atoms with Crippen molar-refractivity contribution in [2.75, 3.05) is 0 Å². The Labute approximate surface area is 282 Å². The van der Waals surface area contributed by atoms with E-state index in [1.807, 2.05) is 0 Å². The molecule has 1 atom stereocenters. The van der Waals surface area contributed by atoms with Gasteiger partial charge in [0, 0.05) is 0 Å². The van der Waals surface area contributed by atoms with Crippen molar-refractivity contribution in [3.8, 4) is 11.1 Å². The first kappa shape index (κ1) is 36.9. The summed E-state index contributed by atoms with van der Waals surface area (Å²) in [4.78, 5) is 0. The van der Waals surface area contributed by atoms with E-state index >= 15 is 0 Å². The van der Waals surface area contributed by atoms with Crippen LogP contribution in [0.2, 0.25) is 4.63 Å². The summed E-state index contributed by atoms with van der Waals surface area (Å²) in [6.07, 6.45) is 6.13. The van der Waals surface area contributed by atoms with Crippen LogP contribution in [0.5, 0.6) is 0 Å². The molecular weight excluding hydrogens is 655 g/mol. The zero-order valence-corrected chi connectivity index (χ0v) is 33.7. The third-order valence-electron chi connectivity index (χ3n) is 10.5. The predicted molar refractivity (Wildman–Crippen MR) is 200 cm³/mol. The van der Waals surface area contributed by atoms with E-state index in [2.05, 4.69) is 148 Å². The molecule has 0 N–H and O–H groups in total. The average Bonchev–Trinajstić information content (AvgIpc) is 3.42. The van der Waals surface area contributed by atoms with Gasteiger partial charge in [0.05, 0.1) is 0 Å². The van der Waals surface area contributed by atoms with Gasteiger partial charge < -0.3 is 0 Å². The van der Waals surface area contributed by atoms with Crippen LogP contribution in [0, 0.1) is 25.2 Å². The van der Waals surface area contributed by atoms with E-state index in [0.29, 0.717) is 5.92 Å². The van der Waals surface area contributed by atoms with E-state index in [4.69, 9.17) is 4.21 Å². The predicted octanol–water partition coefficient (Wildman–Crippen LogP) is 10.9. The van der Waals surface area contributed by atoms with Crippen molar-refractivity contribution >= 4 is 35.6 Å². The van der Waals surface area contributed by atoms with Gasteiger partial charge in [-0.05, 0) is 0 Å². The Morgan fingerprint density at radius 3 is 1.80 bits per heavy atom. The van der Waals surface area contributed by atoms with Gasteiger partial charge in [0.1, 0.15) is 0 Å². The normalized spacial score (nSPS) is 16.8. The van der Waals surface area contributed by atoms with Crippen molar-refractivity contribution in [2.45, 2.75) is 105 Å². The molecule has 0 radical (unpaired) electrons. The maximum absolute atomic E-state index is 5.60. The van der Waals surface area contributed by atoms with E-state index < -0.39 is 18.3 Å². The summed E-state index contributed by atoms with van der Waals surface area (Å²) in [5, 5.41) is 0. The summed E-state index contributed by atoms with van der Waals surface area (Å²) in [5.41, 5.74) is 13.4. The van der Waals surface area contributed by atoms with Crippen LogP contribution in [-0.2, 0) is 35.5 Å². The molecule has 44 heavy (non-hydrogen) atoms. The van der Waals surface area contributed by atoms with Crippen molar-refractivity contribution in [1.29, 1.82) is 0 Å². The number of aryl methyl sites for hydroxylation is 1. The maximum atomic E-state index is 5.60. The van der Waals surface area contributed by atoms with Gasteiger partial charge in [0.25, 0.3) is 0 Å². The molecule has 0 bridgehead atoms. The van der Waals surface area contributed by atoms with Gasteiger partial charge in [-0.3, -0.25) is 0 Å². The van der Waals surface area contributed by atoms with Gasteiger partial charge in [-0.15, -0.1) is 24.8 Å². The van der Waals surface area contributed by atoms with Crippen molar-refractivity contribution in [3.63, 3.8) is 0 Å². The Bertz CT molecular complexity index is 1730. The topological polar surface area (TPSA) is 0 Å². The molecule has 0 amide bonds. The first-order valence-electron chi connectivity index (χ1n) is 16.0. The molecule has 0 nitrogen and oxygen atoms in total. The second-order valence-corrected chi connectivity index (χ2v) is 31.0. The van der Waals surface area contributed by atoms with Gasteiger partial charge in [-0.2, -0.15) is 0 Å². The fourth-order valence-corrected chi connectivity index (χ4v) is 23.3. The van der Waals surface area contributed by atoms with Crippen molar-refractivity contribution < 1.29 is 18.3 Å². The summed E-state index contributed by atoms with van der Waals surface area (Å²) >= 11 is -4.42. The van der Waals surface area contributed by atoms with E-state index in [1.165, 1.54) is 47.8 Å². The molecule has 3 aromatic rings. The first-order valence-corrected chi connectivity index (χ1v) is 23.9. The third-order valence-corrected chi connectivity index (χ3v) is 25.5. The average molecular weight is 711 g/mol. The molecule has 0 heterocycles. The van der Waals surface area contributed by atoms with Gasteiger partial charge in [-0.25, -0.2) is 0 Å². The molecule has 3 heteroatoms. The summed E-state index contributed by atoms with van der Waals surface area (Å²) in [6.45, 7) is 28.4. The summed E-state index contributed by atoms with van der Waals surface area (Å²) in [5.74, 6) is 0.374. The standard InChI is InChI=1S/C23H29.C10H15.C6H5.CH3.CH2.2ClH.Zr/c1-14-9-16-11-17-10-15(2)21(23(6,7)8)13-19(17)18(16)12-20(14)22(3,4)5;1-8-5-6-9(7-8)10(2,3)4;1-2-4-6-5-3-1;;;;;/h9,12-13H,11H2,1-8H3;6-8H,1-4H3;1-5H;1H3;1H2;2*1H;. The Kier molecular flexibility index (Phi) is 9.75. The molecule has 2 aliphatic rings. The third kappa shape index (κ3) is 5.78. The molecule has 0 saturated carbocycles. The van der Waals surface area contributed by atoms with Crippen LogP contribution in [0.15, 0.2) is 69.5 Å². The number of hydrogen-bond acceptors (Lipinski definition) is 0. The number of hydrogen-bond donors (Lipinski definition) is 0. The molecule has 2 aliphatic carbocycles. The van der Waals surface area contributed by atoms with Crippen molar-refractivity contribution in [2.24, 2.45) is 11.3 Å². The van der Waals surface area contributed by atoms with Crippen LogP contribution in [0.3, 0.4) is 0 Å². The number of benzene rings is 3. The van der Waals surface area contributed by atoms with Crippen LogP contribution in [0.25, 0.3) is 11.1 Å². The Morgan fingerprint density at radius 2 is 1.30 bits per heavy atom. The molecule has 238 valence electrons. The summed E-state index contributed by atoms with van der Waals surface area (Å²) in [6, 6.07) is 19.0. The molecule has 0 fully saturated rings. The zero-order chi connectivity index (χ0) is 31.2. The molecular formula is C41H56Cl2Zr. The van der Waals surface area contributed by atoms with E-state index in [9.17, 15) is 0 Å². The number of allylic oxidation sites excluding steroid dienone is 4. The molecule has 5 rings (SSSR count). The van der Waals surface area contributed by atoms with Crippen LogP contribution < -0.4 is 6.54 Å². The van der Waals surface area contributed by atoms with E-state index in [1.54, 1.807) is 12.1 Å². The molecule has 0 spiro atoms. The summed E-state index contributed by atoms with van der Waals surface area (Å²) in [7, 11) is 0. The van der Waals surface area contributed by atoms with Gasteiger partial charge in [-0.1, -0.05) is 0 Å². The second-order valence-electron chi connectivity index (χ2n) is 17.1. The SMILES string of the molecule is Cl.Cl.[CH2]=[Zr]([CH3])([C]1=CC(C(C)(C)C)=CC1C)([c]1ccccc1)[c]1c(C)c(C(C)(C)C)cc2c1Cc1cc(C)c(C(C)(C)C)cc1-2. The quantitative estimate of drug-likeness (QED) is 0.199. The molecule has 1 unspecified atom stereocenters. The molecule has 0 saturated heterocycles. The van der Waals surface area contributed by atoms with Gasteiger partial charge in [0.15, 0.2) is 0 Å². The van der Waals surface area contributed by atoms with Crippen LogP contribution in [0.1, 0.15) is 103 Å². The van der Waals surface area contributed by atoms with Crippen LogP contribution in [-0.4, -0.2) is 4.21 Å². The molecule has 0 aromatic heterocycles. The monoisotopic (exact) mass is 708 g/mol. The number of rotatable bonds is 3. The molecule has 3 aromatic carbocycles. The van der Waals surface area contributed by atoms with E-state index in [-0.39, 0.29) is 41.1 Å². The molecule has 0 aliphatic heterocycles. The van der Waals surface area contributed by atoms with Gasteiger partial charge in [0.2, 0.25) is 0 Å². The summed E-state index contributed by atoms with van der Waals surface area (Å²) < 4.78 is 12.9. The fraction of sp³-hybridized carbons (Fsp3) is 0.439. The number of halogens is 2. The Morgan fingerprint density at radius 1 is 0.750 bits per heavy atom. The zero-order valence-electron chi connectivity index (χ0n) is 29.6. The van der Waals surface area contributed by atoms with Gasteiger partial charge >= 0.3 is 259 Å². The van der Waals surface area contributed by atoms with E-state index in [0.717, 1.165) is 6.42 Å². The van der Waals surface area contributed by atoms with Crippen LogP contribution in [0.4, 0.5) is 0 Å².